The maximum absolute atomic E-state index is 12.4. The van der Waals surface area contributed by atoms with Crippen LogP contribution >= 0.6 is 15.9 Å². The van der Waals surface area contributed by atoms with Gasteiger partial charge in [-0.1, -0.05) is 0 Å². The molecule has 54 valence electrons. The number of rotatable bonds is 1. The fraction of sp³-hybridized carbons (Fsp3) is 0.167. The van der Waals surface area contributed by atoms with Crippen LogP contribution in [0.3, 0.4) is 0 Å². The van der Waals surface area contributed by atoms with Gasteiger partial charge in [-0.25, -0.2) is 4.98 Å². The van der Waals surface area contributed by atoms with Crippen LogP contribution < -0.4 is 5.73 Å². The van der Waals surface area contributed by atoms with E-state index in [1.54, 1.807) is 6.07 Å². The van der Waals surface area contributed by atoms with Crippen LogP contribution in [0.2, 0.25) is 0 Å². The van der Waals surface area contributed by atoms with Gasteiger partial charge in [0.15, 0.2) is 0 Å². The summed E-state index contributed by atoms with van der Waals surface area (Å²) in [6.07, 6.45) is 1.42. The van der Waals surface area contributed by atoms with Gasteiger partial charge in [-0.15, -0.1) is 0 Å². The predicted octanol–water partition coefficient (Wildman–Crippen LogP) is 1.44. The Morgan fingerprint density at radius 3 is 2.90 bits per heavy atom. The molecule has 0 saturated heterocycles. The van der Waals surface area contributed by atoms with Crippen molar-refractivity contribution in [1.29, 1.82) is 0 Å². The van der Waals surface area contributed by atoms with E-state index in [0.29, 0.717) is 11.0 Å². The van der Waals surface area contributed by atoms with Crippen LogP contribution in [0.15, 0.2) is 16.7 Å². The van der Waals surface area contributed by atoms with Crippen LogP contribution in [0.25, 0.3) is 0 Å². The molecule has 0 saturated carbocycles. The van der Waals surface area contributed by atoms with Crippen LogP contribution in [0.4, 0.5) is 4.39 Å². The standard InChI is InChI=1S/C6H6BrFN2/c7-5-1-4(2-9)3-10-6(5)8/h1,3H,2,9H2. The molecule has 4 heteroatoms. The van der Waals surface area contributed by atoms with Crippen molar-refractivity contribution in [3.05, 3.63) is 28.2 Å². The van der Waals surface area contributed by atoms with Gasteiger partial charge in [0.25, 0.3) is 0 Å². The summed E-state index contributed by atoms with van der Waals surface area (Å²) in [6, 6.07) is 1.61. The molecule has 0 aromatic carbocycles. The minimum atomic E-state index is -0.503. The second-order valence-electron chi connectivity index (χ2n) is 1.82. The first-order valence-corrected chi connectivity index (χ1v) is 3.53. The van der Waals surface area contributed by atoms with Crippen molar-refractivity contribution in [3.8, 4) is 0 Å². The number of hydrogen-bond acceptors (Lipinski definition) is 2. The van der Waals surface area contributed by atoms with E-state index >= 15 is 0 Å². The molecule has 0 atom stereocenters. The normalized spacial score (nSPS) is 9.90. The van der Waals surface area contributed by atoms with E-state index in [4.69, 9.17) is 5.73 Å². The third kappa shape index (κ3) is 1.52. The van der Waals surface area contributed by atoms with Gasteiger partial charge in [0.1, 0.15) is 0 Å². The summed E-state index contributed by atoms with van der Waals surface area (Å²) in [5.41, 5.74) is 6.10. The van der Waals surface area contributed by atoms with Gasteiger partial charge in [0.05, 0.1) is 4.47 Å². The molecular formula is C6H6BrFN2. The minimum absolute atomic E-state index is 0.357. The molecule has 1 heterocycles. The third-order valence-corrected chi connectivity index (χ3v) is 1.64. The Balaban J connectivity index is 3.04. The van der Waals surface area contributed by atoms with E-state index in [-0.39, 0.29) is 0 Å². The highest BCUT2D eigenvalue weighted by Gasteiger charge is 1.99. The lowest BCUT2D eigenvalue weighted by Gasteiger charge is -1.96. The van der Waals surface area contributed by atoms with Gasteiger partial charge in [0.2, 0.25) is 5.95 Å². The molecule has 0 spiro atoms. The smallest absolute Gasteiger partial charge is 0.227 e. The van der Waals surface area contributed by atoms with Crippen molar-refractivity contribution in [2.45, 2.75) is 6.54 Å². The Kier molecular flexibility index (Phi) is 2.34. The first-order valence-electron chi connectivity index (χ1n) is 2.74. The van der Waals surface area contributed by atoms with Gasteiger partial charge in [0, 0.05) is 12.7 Å². The Morgan fingerprint density at radius 1 is 1.70 bits per heavy atom. The minimum Gasteiger partial charge on any atom is -0.326 e. The lowest BCUT2D eigenvalue weighted by Crippen LogP contribution is -1.97. The molecule has 0 aliphatic heterocycles. The number of hydrogen-bond donors (Lipinski definition) is 1. The van der Waals surface area contributed by atoms with E-state index in [1.807, 2.05) is 0 Å². The van der Waals surface area contributed by atoms with Gasteiger partial charge in [-0.05, 0) is 27.6 Å². The summed E-state index contributed by atoms with van der Waals surface area (Å²) in [7, 11) is 0. The molecule has 1 aromatic rings. The largest absolute Gasteiger partial charge is 0.326 e. The average Bonchev–Trinajstić information content (AvgIpc) is 1.95. The van der Waals surface area contributed by atoms with Crippen LogP contribution in [-0.4, -0.2) is 4.98 Å². The second-order valence-corrected chi connectivity index (χ2v) is 2.67. The maximum Gasteiger partial charge on any atom is 0.227 e. The first kappa shape index (κ1) is 7.63. The highest BCUT2D eigenvalue weighted by atomic mass is 79.9. The van der Waals surface area contributed by atoms with Gasteiger partial charge < -0.3 is 5.73 Å². The summed E-state index contributed by atoms with van der Waals surface area (Å²) in [5.74, 6) is -0.503. The zero-order chi connectivity index (χ0) is 7.56. The number of nitrogens with two attached hydrogens (primary N) is 1. The van der Waals surface area contributed by atoms with E-state index in [1.165, 1.54) is 6.20 Å². The van der Waals surface area contributed by atoms with Crippen molar-refractivity contribution in [2.24, 2.45) is 5.73 Å². The van der Waals surface area contributed by atoms with Crippen molar-refractivity contribution in [3.63, 3.8) is 0 Å². The molecule has 2 N–H and O–H groups in total. The van der Waals surface area contributed by atoms with Crippen LogP contribution in [0.1, 0.15) is 5.56 Å². The summed E-state index contributed by atoms with van der Waals surface area (Å²) >= 11 is 2.99. The first-order chi connectivity index (χ1) is 4.74. The van der Waals surface area contributed by atoms with Gasteiger partial charge >= 0.3 is 0 Å². The van der Waals surface area contributed by atoms with Crippen molar-refractivity contribution < 1.29 is 4.39 Å². The Labute approximate surface area is 66.4 Å². The van der Waals surface area contributed by atoms with E-state index in [2.05, 4.69) is 20.9 Å². The fourth-order valence-electron chi connectivity index (χ4n) is 0.572. The zero-order valence-electron chi connectivity index (χ0n) is 5.14. The number of halogens is 2. The van der Waals surface area contributed by atoms with Gasteiger partial charge in [-0.2, -0.15) is 4.39 Å². The summed E-state index contributed by atoms with van der Waals surface area (Å²) in [5, 5.41) is 0. The van der Waals surface area contributed by atoms with Crippen LogP contribution in [0.5, 0.6) is 0 Å². The third-order valence-electron chi connectivity index (χ3n) is 1.09. The summed E-state index contributed by atoms with van der Waals surface area (Å²) in [6.45, 7) is 0.381. The van der Waals surface area contributed by atoms with Crippen LogP contribution in [0, 0.1) is 5.95 Å². The molecule has 10 heavy (non-hydrogen) atoms. The molecule has 0 radical (unpaired) electrons. The average molecular weight is 205 g/mol. The summed E-state index contributed by atoms with van der Waals surface area (Å²) < 4.78 is 12.8. The molecule has 0 fully saturated rings. The number of pyridine rings is 1. The lowest BCUT2D eigenvalue weighted by atomic mass is 10.3. The molecule has 0 unspecified atom stereocenters. The Hall–Kier alpha value is -0.480. The Morgan fingerprint density at radius 2 is 2.40 bits per heavy atom. The molecule has 0 aliphatic rings. The van der Waals surface area contributed by atoms with Crippen molar-refractivity contribution >= 4 is 15.9 Å². The highest BCUT2D eigenvalue weighted by Crippen LogP contribution is 2.13. The number of aromatic nitrogens is 1. The maximum atomic E-state index is 12.4. The molecule has 0 amide bonds. The topological polar surface area (TPSA) is 38.9 Å². The second kappa shape index (κ2) is 3.07. The molecular weight excluding hydrogens is 199 g/mol. The molecule has 1 rings (SSSR count). The fourth-order valence-corrected chi connectivity index (χ4v) is 0.969. The van der Waals surface area contributed by atoms with Crippen LogP contribution in [-0.2, 0) is 6.54 Å². The SMILES string of the molecule is NCc1cnc(F)c(Br)c1. The zero-order valence-corrected chi connectivity index (χ0v) is 6.73. The molecule has 2 nitrogen and oxygen atoms in total. The van der Waals surface area contributed by atoms with E-state index in [0.717, 1.165) is 5.56 Å². The van der Waals surface area contributed by atoms with E-state index < -0.39 is 5.95 Å². The Bertz CT molecular complexity index is 239. The molecule has 0 bridgehead atoms. The van der Waals surface area contributed by atoms with Crippen molar-refractivity contribution in [1.82, 2.24) is 4.98 Å². The highest BCUT2D eigenvalue weighted by molar-refractivity contribution is 9.10. The van der Waals surface area contributed by atoms with Crippen molar-refractivity contribution in [2.75, 3.05) is 0 Å². The quantitative estimate of drug-likeness (QED) is 0.704. The molecule has 1 aromatic heterocycles. The number of nitrogens with zero attached hydrogens (tertiary/aromatic N) is 1. The molecule has 0 aliphatic carbocycles. The van der Waals surface area contributed by atoms with E-state index in [9.17, 15) is 4.39 Å². The summed E-state index contributed by atoms with van der Waals surface area (Å²) in [4.78, 5) is 3.46. The van der Waals surface area contributed by atoms with Gasteiger partial charge in [-0.3, -0.25) is 0 Å². The lowest BCUT2D eigenvalue weighted by molar-refractivity contribution is 0.575. The monoisotopic (exact) mass is 204 g/mol. The predicted molar refractivity (Wildman–Crippen MR) is 39.8 cm³/mol.